The highest BCUT2D eigenvalue weighted by molar-refractivity contribution is 5.97. The van der Waals surface area contributed by atoms with Gasteiger partial charge in [-0.1, -0.05) is 18.2 Å². The van der Waals surface area contributed by atoms with Crippen molar-refractivity contribution in [2.24, 2.45) is 5.92 Å². The Morgan fingerprint density at radius 1 is 1.25 bits per heavy atom. The molecule has 0 radical (unpaired) electrons. The maximum atomic E-state index is 11.8. The first kappa shape index (κ1) is 12.9. The monoisotopic (exact) mass is 266 g/mol. The van der Waals surface area contributed by atoms with Crippen molar-refractivity contribution in [2.45, 2.75) is 26.7 Å². The molecule has 3 rings (SSSR count). The molecule has 3 heteroatoms. The second-order valence-corrected chi connectivity index (χ2v) is 5.34. The molecule has 1 aromatic carbocycles. The second kappa shape index (κ2) is 5.08. The summed E-state index contributed by atoms with van der Waals surface area (Å²) < 4.78 is 1.93. The maximum Gasteiger partial charge on any atom is 0.158 e. The van der Waals surface area contributed by atoms with Crippen molar-refractivity contribution >= 4 is 11.9 Å². The van der Waals surface area contributed by atoms with Gasteiger partial charge in [-0.15, -0.1) is 0 Å². The first-order valence-electron chi connectivity index (χ1n) is 7.00. The minimum Gasteiger partial charge on any atom is -0.295 e. The Kier molecular flexibility index (Phi) is 3.26. The number of carbonyl (C=O) groups excluding carboxylic acids is 1. The number of hydrogen-bond donors (Lipinski definition) is 0. The van der Waals surface area contributed by atoms with Gasteiger partial charge in [0.15, 0.2) is 5.78 Å². The zero-order chi connectivity index (χ0) is 14.1. The number of benzene rings is 1. The fourth-order valence-corrected chi connectivity index (χ4v) is 2.39. The van der Waals surface area contributed by atoms with Crippen LogP contribution in [0, 0.1) is 19.8 Å². The molecule has 0 aliphatic heterocycles. The van der Waals surface area contributed by atoms with Gasteiger partial charge >= 0.3 is 0 Å². The molecule has 0 saturated heterocycles. The number of hydrogen-bond acceptors (Lipinski definition) is 2. The lowest BCUT2D eigenvalue weighted by atomic mass is 10.1. The van der Waals surface area contributed by atoms with Gasteiger partial charge in [0.2, 0.25) is 0 Å². The van der Waals surface area contributed by atoms with Gasteiger partial charge in [0.25, 0.3) is 0 Å². The van der Waals surface area contributed by atoms with E-state index in [4.69, 9.17) is 0 Å². The van der Waals surface area contributed by atoms with Gasteiger partial charge in [0, 0.05) is 17.2 Å². The summed E-state index contributed by atoms with van der Waals surface area (Å²) in [4.78, 5) is 11.8. The molecule has 0 N–H and O–H groups in total. The summed E-state index contributed by atoms with van der Waals surface area (Å²) in [6.07, 6.45) is 5.72. The Labute approximate surface area is 118 Å². The number of aryl methyl sites for hydroxylation is 1. The minimum absolute atomic E-state index is 0.247. The molecule has 3 nitrogen and oxygen atoms in total. The average Bonchev–Trinajstić information content (AvgIpc) is 3.26. The largest absolute Gasteiger partial charge is 0.295 e. The second-order valence-electron chi connectivity index (χ2n) is 5.34. The third kappa shape index (κ3) is 2.44. The molecular formula is C17H18N2O. The van der Waals surface area contributed by atoms with Gasteiger partial charge in [-0.25, -0.2) is 4.68 Å². The SMILES string of the molecule is Cc1nn(-c2ccccc2)c(C)c1C=CC(=O)C1CC1. The van der Waals surface area contributed by atoms with Crippen LogP contribution in [0.3, 0.4) is 0 Å². The minimum atomic E-state index is 0.247. The van der Waals surface area contributed by atoms with E-state index in [2.05, 4.69) is 5.10 Å². The van der Waals surface area contributed by atoms with Gasteiger partial charge < -0.3 is 0 Å². The van der Waals surface area contributed by atoms with Crippen LogP contribution in [-0.4, -0.2) is 15.6 Å². The highest BCUT2D eigenvalue weighted by atomic mass is 16.1. The number of allylic oxidation sites excluding steroid dienone is 1. The smallest absolute Gasteiger partial charge is 0.158 e. The molecule has 1 fully saturated rings. The molecule has 1 aliphatic rings. The standard InChI is InChI=1S/C17H18N2O/c1-12-16(10-11-17(20)14-8-9-14)13(2)19(18-12)15-6-4-3-5-7-15/h3-7,10-11,14H,8-9H2,1-2H3. The summed E-state index contributed by atoms with van der Waals surface area (Å²) in [6.45, 7) is 4.02. The zero-order valence-corrected chi connectivity index (χ0v) is 11.8. The topological polar surface area (TPSA) is 34.9 Å². The zero-order valence-electron chi connectivity index (χ0n) is 11.8. The summed E-state index contributed by atoms with van der Waals surface area (Å²) in [5, 5.41) is 4.57. The highest BCUT2D eigenvalue weighted by Crippen LogP contribution is 2.30. The van der Waals surface area contributed by atoms with Crippen molar-refractivity contribution in [3.63, 3.8) is 0 Å². The number of nitrogens with zero attached hydrogens (tertiary/aromatic N) is 2. The Hall–Kier alpha value is -2.16. The predicted octanol–water partition coefficient (Wildman–Crippen LogP) is 3.48. The predicted molar refractivity (Wildman–Crippen MR) is 79.8 cm³/mol. The number of aromatic nitrogens is 2. The van der Waals surface area contributed by atoms with Crippen molar-refractivity contribution in [1.29, 1.82) is 0 Å². The molecule has 0 bridgehead atoms. The van der Waals surface area contributed by atoms with E-state index in [0.717, 1.165) is 35.5 Å². The Bertz CT molecular complexity index is 664. The van der Waals surface area contributed by atoms with E-state index in [0.29, 0.717) is 0 Å². The number of rotatable bonds is 4. The van der Waals surface area contributed by atoms with Crippen LogP contribution in [0.1, 0.15) is 29.8 Å². The lowest BCUT2D eigenvalue weighted by molar-refractivity contribution is -0.115. The lowest BCUT2D eigenvalue weighted by Gasteiger charge is -2.03. The maximum absolute atomic E-state index is 11.8. The molecular weight excluding hydrogens is 248 g/mol. The Morgan fingerprint density at radius 2 is 1.95 bits per heavy atom. The van der Waals surface area contributed by atoms with Crippen molar-refractivity contribution in [3.05, 3.63) is 53.4 Å². The normalized spacial score (nSPS) is 14.9. The van der Waals surface area contributed by atoms with E-state index < -0.39 is 0 Å². The Morgan fingerprint density at radius 3 is 2.60 bits per heavy atom. The third-order valence-electron chi connectivity index (χ3n) is 3.74. The molecule has 102 valence electrons. The third-order valence-corrected chi connectivity index (χ3v) is 3.74. The van der Waals surface area contributed by atoms with Crippen LogP contribution < -0.4 is 0 Å². The molecule has 1 aliphatic carbocycles. The van der Waals surface area contributed by atoms with E-state index in [1.807, 2.05) is 54.9 Å². The fraction of sp³-hybridized carbons (Fsp3) is 0.294. The van der Waals surface area contributed by atoms with Crippen molar-refractivity contribution in [1.82, 2.24) is 9.78 Å². The summed E-state index contributed by atoms with van der Waals surface area (Å²) in [7, 11) is 0. The van der Waals surface area contributed by atoms with E-state index in [1.165, 1.54) is 0 Å². The van der Waals surface area contributed by atoms with Crippen LogP contribution in [-0.2, 0) is 4.79 Å². The highest BCUT2D eigenvalue weighted by Gasteiger charge is 2.27. The Balaban J connectivity index is 1.92. The first-order valence-corrected chi connectivity index (χ1v) is 7.00. The molecule has 0 amide bonds. The van der Waals surface area contributed by atoms with Crippen LogP contribution in [0.4, 0.5) is 0 Å². The molecule has 2 aromatic rings. The number of carbonyl (C=O) groups is 1. The summed E-state index contributed by atoms with van der Waals surface area (Å²) in [6, 6.07) is 10.0. The molecule has 1 aromatic heterocycles. The van der Waals surface area contributed by atoms with E-state index >= 15 is 0 Å². The first-order chi connectivity index (χ1) is 9.66. The van der Waals surface area contributed by atoms with E-state index in [-0.39, 0.29) is 11.7 Å². The quantitative estimate of drug-likeness (QED) is 0.794. The van der Waals surface area contributed by atoms with Gasteiger partial charge in [-0.3, -0.25) is 4.79 Å². The molecule has 0 atom stereocenters. The fourth-order valence-electron chi connectivity index (χ4n) is 2.39. The average molecular weight is 266 g/mol. The van der Waals surface area contributed by atoms with Crippen LogP contribution in [0.25, 0.3) is 11.8 Å². The molecule has 0 spiro atoms. The molecule has 1 heterocycles. The van der Waals surface area contributed by atoms with Gasteiger partial charge in [0.05, 0.1) is 11.4 Å². The summed E-state index contributed by atoms with van der Waals surface area (Å²) in [5.41, 5.74) is 4.10. The van der Waals surface area contributed by atoms with Crippen LogP contribution in [0.5, 0.6) is 0 Å². The number of ketones is 1. The van der Waals surface area contributed by atoms with E-state index in [1.54, 1.807) is 6.08 Å². The van der Waals surface area contributed by atoms with Crippen molar-refractivity contribution in [3.8, 4) is 5.69 Å². The van der Waals surface area contributed by atoms with Gasteiger partial charge in [-0.05, 0) is 51.0 Å². The van der Waals surface area contributed by atoms with Crippen LogP contribution in [0.2, 0.25) is 0 Å². The van der Waals surface area contributed by atoms with Crippen molar-refractivity contribution < 1.29 is 4.79 Å². The van der Waals surface area contributed by atoms with E-state index in [9.17, 15) is 4.79 Å². The van der Waals surface area contributed by atoms with Crippen molar-refractivity contribution in [2.75, 3.05) is 0 Å². The molecule has 1 saturated carbocycles. The van der Waals surface area contributed by atoms with Crippen LogP contribution in [0.15, 0.2) is 36.4 Å². The van der Waals surface area contributed by atoms with Gasteiger partial charge in [-0.2, -0.15) is 5.10 Å². The lowest BCUT2D eigenvalue weighted by Crippen LogP contribution is -1.98. The van der Waals surface area contributed by atoms with Gasteiger partial charge in [0.1, 0.15) is 0 Å². The van der Waals surface area contributed by atoms with Crippen LogP contribution >= 0.6 is 0 Å². The summed E-state index contributed by atoms with van der Waals surface area (Å²) >= 11 is 0. The molecule has 0 unspecified atom stereocenters. The molecule has 20 heavy (non-hydrogen) atoms. The number of para-hydroxylation sites is 1. The summed E-state index contributed by atoms with van der Waals surface area (Å²) in [5.74, 6) is 0.521.